The maximum Gasteiger partial charge on any atom is 0.416 e. The molecule has 37 heavy (non-hydrogen) atoms. The highest BCUT2D eigenvalue weighted by Crippen LogP contribution is 2.47. The number of nitrogens with zero attached hydrogens (tertiary/aromatic N) is 1. The van der Waals surface area contributed by atoms with Crippen molar-refractivity contribution in [2.24, 2.45) is 5.92 Å². The standard InChI is InChI=1S/C27H30F5N3O2/c1-3-22-20-10-9-19(37-24(20)21-14-18(26(2,28)29)8-11-23(21)34-22)15-35(13-12-33)25(36)16-4-6-17(7-5-16)27(30,31)32/h3-8,11,14,19-20,22,24,34H,1,9-10,12-13,15,33H2,2H3/p+1. The number of hydrogen-bond acceptors (Lipinski definition) is 3. The number of carbonyl (C=O) groups excluding carboxylic acids is 1. The van der Waals surface area contributed by atoms with Crippen molar-refractivity contribution < 1.29 is 37.2 Å². The van der Waals surface area contributed by atoms with Gasteiger partial charge in [-0.1, -0.05) is 12.1 Å². The second kappa shape index (κ2) is 10.4. The fourth-order valence-electron chi connectivity index (χ4n) is 5.13. The number of hydrogen-bond donors (Lipinski definition) is 2. The van der Waals surface area contributed by atoms with Gasteiger partial charge in [0.25, 0.3) is 11.8 Å². The fraction of sp³-hybridized carbons (Fsp3) is 0.444. The van der Waals surface area contributed by atoms with E-state index in [4.69, 9.17) is 4.74 Å². The highest BCUT2D eigenvalue weighted by Gasteiger charge is 2.42. The Balaban J connectivity index is 1.55. The van der Waals surface area contributed by atoms with Crippen molar-refractivity contribution >= 4 is 11.6 Å². The van der Waals surface area contributed by atoms with Gasteiger partial charge in [0.05, 0.1) is 30.9 Å². The van der Waals surface area contributed by atoms with Crippen LogP contribution in [0.4, 0.5) is 27.6 Å². The second-order valence-electron chi connectivity index (χ2n) is 9.70. The number of fused-ring (bicyclic) bond motifs is 3. The molecule has 0 bridgehead atoms. The lowest BCUT2D eigenvalue weighted by Gasteiger charge is -2.45. The lowest BCUT2D eigenvalue weighted by molar-refractivity contribution is -0.368. The van der Waals surface area contributed by atoms with Crippen LogP contribution >= 0.6 is 0 Å². The number of benzene rings is 2. The molecule has 10 heteroatoms. The molecule has 0 spiro atoms. The highest BCUT2D eigenvalue weighted by atomic mass is 19.4. The minimum absolute atomic E-state index is 0.0196. The molecule has 0 radical (unpaired) electrons. The number of carbonyl (C=O) groups is 1. The van der Waals surface area contributed by atoms with E-state index in [1.54, 1.807) is 12.1 Å². The first-order chi connectivity index (χ1) is 17.4. The summed E-state index contributed by atoms with van der Waals surface area (Å²) in [7, 11) is 0. The number of ether oxygens (including phenoxy) is 1. The van der Waals surface area contributed by atoms with Gasteiger partial charge in [0.2, 0.25) is 0 Å². The largest absolute Gasteiger partial charge is 0.416 e. The van der Waals surface area contributed by atoms with E-state index in [2.05, 4.69) is 17.6 Å². The molecule has 2 heterocycles. The number of quaternary nitrogens is 1. The Kier molecular flexibility index (Phi) is 7.62. The van der Waals surface area contributed by atoms with E-state index in [0.717, 1.165) is 25.5 Å². The van der Waals surface area contributed by atoms with Crippen molar-refractivity contribution in [1.82, 2.24) is 4.90 Å². The number of nitrogens with one attached hydrogen (secondary N) is 1. The highest BCUT2D eigenvalue weighted by molar-refractivity contribution is 5.94. The topological polar surface area (TPSA) is 69.2 Å². The zero-order valence-corrected chi connectivity index (χ0v) is 20.5. The maximum absolute atomic E-state index is 14.1. The number of rotatable bonds is 7. The van der Waals surface area contributed by atoms with Crippen molar-refractivity contribution in [1.29, 1.82) is 0 Å². The summed E-state index contributed by atoms with van der Waals surface area (Å²) in [5.41, 5.74) is 4.37. The SMILES string of the molecule is C=CC1Nc2ccc(C(C)(F)F)cc2C2OC(CN(CC[NH3+])C(=O)c3ccc(C(F)(F)F)cc3)CCC12. The van der Waals surface area contributed by atoms with Crippen molar-refractivity contribution in [3.05, 3.63) is 77.4 Å². The maximum atomic E-state index is 14.1. The van der Waals surface area contributed by atoms with Gasteiger partial charge in [0.1, 0.15) is 0 Å². The number of alkyl halides is 5. The molecule has 1 fully saturated rings. The predicted octanol–water partition coefficient (Wildman–Crippen LogP) is 5.02. The zero-order chi connectivity index (χ0) is 27.0. The summed E-state index contributed by atoms with van der Waals surface area (Å²) in [6.45, 7) is 5.68. The Hall–Kier alpha value is -2.98. The van der Waals surface area contributed by atoms with Crippen LogP contribution in [0.3, 0.4) is 0 Å². The summed E-state index contributed by atoms with van der Waals surface area (Å²) < 4.78 is 73.4. The van der Waals surface area contributed by atoms with Gasteiger partial charge in [-0.3, -0.25) is 4.79 Å². The molecule has 4 N–H and O–H groups in total. The lowest BCUT2D eigenvalue weighted by Crippen LogP contribution is -2.56. The summed E-state index contributed by atoms with van der Waals surface area (Å²) in [5.74, 6) is -3.44. The van der Waals surface area contributed by atoms with Crippen LogP contribution in [0.1, 0.15) is 52.9 Å². The van der Waals surface area contributed by atoms with E-state index >= 15 is 0 Å². The van der Waals surface area contributed by atoms with E-state index in [1.165, 1.54) is 29.2 Å². The summed E-state index contributed by atoms with van der Waals surface area (Å²) >= 11 is 0. The molecule has 4 unspecified atom stereocenters. The average molecular weight is 525 g/mol. The molecule has 0 saturated carbocycles. The van der Waals surface area contributed by atoms with Gasteiger partial charge in [-0.15, -0.1) is 6.58 Å². The van der Waals surface area contributed by atoms with Gasteiger partial charge in [0.15, 0.2) is 0 Å². The minimum Gasteiger partial charge on any atom is -0.378 e. The van der Waals surface area contributed by atoms with Crippen LogP contribution in [0.15, 0.2) is 55.1 Å². The van der Waals surface area contributed by atoms with Crippen molar-refractivity contribution in [3.63, 3.8) is 0 Å². The van der Waals surface area contributed by atoms with Crippen molar-refractivity contribution in [2.75, 3.05) is 25.0 Å². The molecule has 1 amide bonds. The van der Waals surface area contributed by atoms with Crippen molar-refractivity contribution in [3.8, 4) is 0 Å². The average Bonchev–Trinajstić information content (AvgIpc) is 2.86. The summed E-state index contributed by atoms with van der Waals surface area (Å²) in [4.78, 5) is 14.7. The molecular weight excluding hydrogens is 493 g/mol. The van der Waals surface area contributed by atoms with Crippen molar-refractivity contribution in [2.45, 2.75) is 50.1 Å². The van der Waals surface area contributed by atoms with E-state index in [-0.39, 0.29) is 35.7 Å². The van der Waals surface area contributed by atoms with Gasteiger partial charge >= 0.3 is 6.18 Å². The monoisotopic (exact) mass is 524 g/mol. The summed E-state index contributed by atoms with van der Waals surface area (Å²) in [5, 5.41) is 3.36. The Bertz CT molecular complexity index is 1130. The zero-order valence-electron chi connectivity index (χ0n) is 20.5. The molecule has 2 aromatic rings. The molecule has 0 aliphatic carbocycles. The molecule has 0 aromatic heterocycles. The number of amides is 1. The third-order valence-corrected chi connectivity index (χ3v) is 7.05. The van der Waals surface area contributed by atoms with Gasteiger partial charge in [-0.2, -0.15) is 13.2 Å². The third-order valence-electron chi connectivity index (χ3n) is 7.05. The lowest BCUT2D eigenvalue weighted by atomic mass is 9.78. The quantitative estimate of drug-likeness (QED) is 0.395. The molecule has 5 nitrogen and oxygen atoms in total. The first-order valence-corrected chi connectivity index (χ1v) is 12.2. The van der Waals surface area contributed by atoms with E-state index in [1.807, 2.05) is 0 Å². The fourth-order valence-corrected chi connectivity index (χ4v) is 5.13. The number of anilines is 1. The molecule has 2 aliphatic heterocycles. The summed E-state index contributed by atoms with van der Waals surface area (Å²) in [6, 6.07) is 8.52. The van der Waals surface area contributed by atoms with Crippen LogP contribution in [-0.2, 0) is 16.8 Å². The van der Waals surface area contributed by atoms with Crippen LogP contribution in [0.25, 0.3) is 0 Å². The number of halogens is 5. The third kappa shape index (κ3) is 5.80. The van der Waals surface area contributed by atoms with Crippen LogP contribution in [-0.4, -0.2) is 42.6 Å². The van der Waals surface area contributed by atoms with Crippen LogP contribution in [0, 0.1) is 5.92 Å². The van der Waals surface area contributed by atoms with Gasteiger partial charge < -0.3 is 20.7 Å². The Morgan fingerprint density at radius 3 is 2.41 bits per heavy atom. The van der Waals surface area contributed by atoms with Crippen LogP contribution in [0.5, 0.6) is 0 Å². The second-order valence-corrected chi connectivity index (χ2v) is 9.70. The van der Waals surface area contributed by atoms with E-state index in [9.17, 15) is 26.7 Å². The Morgan fingerprint density at radius 1 is 1.14 bits per heavy atom. The predicted molar refractivity (Wildman–Crippen MR) is 129 cm³/mol. The first kappa shape index (κ1) is 27.1. The molecule has 2 aromatic carbocycles. The van der Waals surface area contributed by atoms with Crippen LogP contribution in [0.2, 0.25) is 0 Å². The van der Waals surface area contributed by atoms with Crippen LogP contribution < -0.4 is 11.1 Å². The molecule has 4 atom stereocenters. The van der Waals surface area contributed by atoms with Gasteiger partial charge in [0, 0.05) is 47.8 Å². The molecule has 200 valence electrons. The van der Waals surface area contributed by atoms with Gasteiger partial charge in [-0.25, -0.2) is 8.78 Å². The molecule has 1 saturated heterocycles. The molecule has 4 rings (SSSR count). The summed E-state index contributed by atoms with van der Waals surface area (Å²) in [6.07, 6.45) is -2.21. The van der Waals surface area contributed by atoms with E-state index in [0.29, 0.717) is 30.8 Å². The molecular formula is C27H31F5N3O2+. The normalized spacial score (nSPS) is 23.4. The minimum atomic E-state index is -4.49. The molecule has 2 aliphatic rings. The van der Waals surface area contributed by atoms with Gasteiger partial charge in [-0.05, 0) is 49.2 Å². The first-order valence-electron chi connectivity index (χ1n) is 12.2. The van der Waals surface area contributed by atoms with E-state index < -0.39 is 29.7 Å². The smallest absolute Gasteiger partial charge is 0.378 e. The Morgan fingerprint density at radius 2 is 1.81 bits per heavy atom. The Labute approximate surface area is 212 Å².